The lowest BCUT2D eigenvalue weighted by Crippen LogP contribution is -2.48. The van der Waals surface area contributed by atoms with Gasteiger partial charge in [0.15, 0.2) is 22.3 Å². The lowest BCUT2D eigenvalue weighted by molar-refractivity contribution is -0.134. The molecule has 35 heavy (non-hydrogen) atoms. The number of urea groups is 1. The molecule has 2 aromatic rings. The summed E-state index contributed by atoms with van der Waals surface area (Å²) in [5, 5.41) is 7.03. The number of anilines is 1. The zero-order valence-corrected chi connectivity index (χ0v) is 19.8. The summed E-state index contributed by atoms with van der Waals surface area (Å²) in [5.74, 6) is -0.384. The number of carbonyl (C=O) groups is 4. The smallest absolute Gasteiger partial charge is 0.357 e. The average Bonchev–Trinajstić information content (AvgIpc) is 3.65. The van der Waals surface area contributed by atoms with Crippen molar-refractivity contribution >= 4 is 40.3 Å². The number of thiazole rings is 1. The predicted octanol–water partition coefficient (Wildman–Crippen LogP) is 2.84. The molecule has 1 aromatic carbocycles. The Morgan fingerprint density at radius 2 is 2.03 bits per heavy atom. The van der Waals surface area contributed by atoms with Crippen LogP contribution in [0.25, 0.3) is 0 Å². The van der Waals surface area contributed by atoms with Crippen molar-refractivity contribution in [1.29, 1.82) is 0 Å². The molecule has 0 spiro atoms. The van der Waals surface area contributed by atoms with Crippen molar-refractivity contribution in [3.63, 3.8) is 0 Å². The molecule has 2 aliphatic heterocycles. The molecule has 1 aromatic heterocycles. The summed E-state index contributed by atoms with van der Waals surface area (Å²) < 4.78 is 15.4. The standard InChI is InChI=1S/C23H24N4O7S/c1-32-21(30)14-10-35-22(24-14)26-19(28)15(8-12-4-2-3-5-12)27-20(29)18(25-23(27)31)13-6-7-16-17(9-13)34-11-33-16/h6-7,9-10,12,15,18H,2-5,8,11H2,1H3,(H,25,31)(H,24,26,28)/t15?,18-/m1/s1. The van der Waals surface area contributed by atoms with Crippen LogP contribution in [0.3, 0.4) is 0 Å². The monoisotopic (exact) mass is 500 g/mol. The van der Waals surface area contributed by atoms with Crippen LogP contribution in [0.1, 0.15) is 54.2 Å². The maximum atomic E-state index is 13.4. The van der Waals surface area contributed by atoms with E-state index in [1.54, 1.807) is 18.2 Å². The molecular formula is C23H24N4O7S. The Balaban J connectivity index is 1.38. The average molecular weight is 501 g/mol. The minimum atomic E-state index is -1.02. The van der Waals surface area contributed by atoms with Gasteiger partial charge >= 0.3 is 12.0 Å². The quantitative estimate of drug-likeness (QED) is 0.438. The summed E-state index contributed by atoms with van der Waals surface area (Å²) in [6.07, 6.45) is 4.32. The number of rotatable bonds is 7. The van der Waals surface area contributed by atoms with Gasteiger partial charge in [-0.2, -0.15) is 0 Å². The first-order valence-electron chi connectivity index (χ1n) is 11.3. The van der Waals surface area contributed by atoms with Gasteiger partial charge in [-0.15, -0.1) is 11.3 Å². The Kier molecular flexibility index (Phi) is 6.29. The van der Waals surface area contributed by atoms with E-state index >= 15 is 0 Å². The Morgan fingerprint density at radius 1 is 1.26 bits per heavy atom. The first kappa shape index (κ1) is 23.1. The number of fused-ring (bicyclic) bond motifs is 1. The molecule has 1 aliphatic carbocycles. The number of ether oxygens (including phenoxy) is 3. The van der Waals surface area contributed by atoms with Crippen molar-refractivity contribution in [3.8, 4) is 11.5 Å². The summed E-state index contributed by atoms with van der Waals surface area (Å²) in [5.41, 5.74) is 0.607. The van der Waals surface area contributed by atoms with Gasteiger partial charge < -0.3 is 24.8 Å². The summed E-state index contributed by atoms with van der Waals surface area (Å²) in [6, 6.07) is 2.44. The minimum Gasteiger partial charge on any atom is -0.464 e. The SMILES string of the molecule is COC(=O)c1csc(NC(=O)C(CC2CCCC2)N2C(=O)N[C@H](c3ccc4c(c3)OCO4)C2=O)n1. The van der Waals surface area contributed by atoms with E-state index in [9.17, 15) is 19.2 Å². The largest absolute Gasteiger partial charge is 0.464 e. The normalized spacial score (nSPS) is 20.1. The summed E-state index contributed by atoms with van der Waals surface area (Å²) >= 11 is 1.06. The van der Waals surface area contributed by atoms with Gasteiger partial charge in [-0.1, -0.05) is 31.7 Å². The Hall–Kier alpha value is -3.67. The molecule has 2 fully saturated rings. The van der Waals surface area contributed by atoms with Crippen molar-refractivity contribution in [1.82, 2.24) is 15.2 Å². The van der Waals surface area contributed by atoms with Crippen LogP contribution in [-0.2, 0) is 14.3 Å². The zero-order chi connectivity index (χ0) is 24.5. The second kappa shape index (κ2) is 9.53. The van der Waals surface area contributed by atoms with Crippen molar-refractivity contribution in [2.45, 2.75) is 44.2 Å². The minimum absolute atomic E-state index is 0.0676. The topological polar surface area (TPSA) is 136 Å². The van der Waals surface area contributed by atoms with Crippen LogP contribution in [-0.4, -0.2) is 53.6 Å². The van der Waals surface area contributed by atoms with Crippen LogP contribution in [0.15, 0.2) is 23.6 Å². The fraction of sp³-hybridized carbons (Fsp3) is 0.435. The number of imide groups is 1. The molecular weight excluding hydrogens is 476 g/mol. The molecule has 184 valence electrons. The number of carbonyl (C=O) groups excluding carboxylic acids is 4. The molecule has 1 saturated heterocycles. The predicted molar refractivity (Wildman–Crippen MR) is 123 cm³/mol. The van der Waals surface area contributed by atoms with E-state index in [1.807, 2.05) is 0 Å². The van der Waals surface area contributed by atoms with E-state index in [2.05, 4.69) is 20.4 Å². The van der Waals surface area contributed by atoms with Crippen molar-refractivity contribution in [2.75, 3.05) is 19.2 Å². The molecule has 1 saturated carbocycles. The van der Waals surface area contributed by atoms with Gasteiger partial charge in [-0.3, -0.25) is 9.59 Å². The summed E-state index contributed by atoms with van der Waals surface area (Å²) in [4.78, 5) is 56.6. The number of aromatic nitrogens is 1. The fourth-order valence-electron chi connectivity index (χ4n) is 4.72. The van der Waals surface area contributed by atoms with E-state index in [0.717, 1.165) is 41.9 Å². The van der Waals surface area contributed by atoms with Crippen LogP contribution < -0.4 is 20.1 Å². The van der Waals surface area contributed by atoms with Gasteiger partial charge in [0.05, 0.1) is 7.11 Å². The summed E-state index contributed by atoms with van der Waals surface area (Å²) in [6.45, 7) is 0.0912. The second-order valence-corrected chi connectivity index (χ2v) is 9.48. The van der Waals surface area contributed by atoms with Crippen molar-refractivity contribution < 1.29 is 33.4 Å². The Bertz CT molecular complexity index is 1180. The maximum absolute atomic E-state index is 13.4. The maximum Gasteiger partial charge on any atom is 0.357 e. The number of amides is 4. The van der Waals surface area contributed by atoms with Gasteiger partial charge in [-0.25, -0.2) is 19.5 Å². The highest BCUT2D eigenvalue weighted by Crippen LogP contribution is 2.37. The lowest BCUT2D eigenvalue weighted by atomic mass is 9.96. The lowest BCUT2D eigenvalue weighted by Gasteiger charge is -2.26. The molecule has 2 N–H and O–H groups in total. The molecule has 3 heterocycles. The Labute approximate surface area is 204 Å². The highest BCUT2D eigenvalue weighted by Gasteiger charge is 2.46. The number of hydrogen-bond acceptors (Lipinski definition) is 9. The van der Waals surface area contributed by atoms with Crippen LogP contribution in [0, 0.1) is 5.92 Å². The van der Waals surface area contributed by atoms with Gasteiger partial charge in [0, 0.05) is 5.38 Å². The highest BCUT2D eigenvalue weighted by molar-refractivity contribution is 7.14. The molecule has 0 bridgehead atoms. The zero-order valence-electron chi connectivity index (χ0n) is 18.9. The molecule has 4 amide bonds. The van der Waals surface area contributed by atoms with Crippen molar-refractivity contribution in [3.05, 3.63) is 34.8 Å². The van der Waals surface area contributed by atoms with E-state index in [1.165, 1.54) is 12.5 Å². The third-order valence-corrected chi connectivity index (χ3v) is 7.23. The second-order valence-electron chi connectivity index (χ2n) is 8.62. The number of benzene rings is 1. The third kappa shape index (κ3) is 4.53. The van der Waals surface area contributed by atoms with E-state index in [0.29, 0.717) is 23.5 Å². The third-order valence-electron chi connectivity index (χ3n) is 6.48. The number of esters is 1. The molecule has 1 unspecified atom stereocenters. The number of nitrogens with zero attached hydrogens (tertiary/aromatic N) is 2. The van der Waals surface area contributed by atoms with E-state index in [-0.39, 0.29) is 23.5 Å². The van der Waals surface area contributed by atoms with Gasteiger partial charge in [0.25, 0.3) is 5.91 Å². The van der Waals surface area contributed by atoms with Crippen LogP contribution in [0.4, 0.5) is 9.93 Å². The van der Waals surface area contributed by atoms with E-state index in [4.69, 9.17) is 9.47 Å². The van der Waals surface area contributed by atoms with Crippen LogP contribution in [0.5, 0.6) is 11.5 Å². The molecule has 5 rings (SSSR count). The summed E-state index contributed by atoms with van der Waals surface area (Å²) in [7, 11) is 1.24. The van der Waals surface area contributed by atoms with Gasteiger partial charge in [0.1, 0.15) is 12.1 Å². The highest BCUT2D eigenvalue weighted by atomic mass is 32.1. The number of methoxy groups -OCH3 is 1. The molecule has 0 radical (unpaired) electrons. The van der Waals surface area contributed by atoms with Crippen LogP contribution in [0.2, 0.25) is 0 Å². The first-order chi connectivity index (χ1) is 16.9. The van der Waals surface area contributed by atoms with Gasteiger partial charge in [0.2, 0.25) is 12.7 Å². The first-order valence-corrected chi connectivity index (χ1v) is 12.2. The molecule has 12 heteroatoms. The fourth-order valence-corrected chi connectivity index (χ4v) is 5.40. The van der Waals surface area contributed by atoms with E-state index < -0.39 is 35.9 Å². The number of nitrogens with one attached hydrogen (secondary N) is 2. The molecule has 3 aliphatic rings. The van der Waals surface area contributed by atoms with Crippen LogP contribution >= 0.6 is 11.3 Å². The number of hydrogen-bond donors (Lipinski definition) is 2. The molecule has 2 atom stereocenters. The Morgan fingerprint density at radius 3 is 2.80 bits per heavy atom. The van der Waals surface area contributed by atoms with Crippen molar-refractivity contribution in [2.24, 2.45) is 5.92 Å². The molecule has 11 nitrogen and oxygen atoms in total. The van der Waals surface area contributed by atoms with Gasteiger partial charge in [-0.05, 0) is 30.0 Å².